The third-order valence-electron chi connectivity index (χ3n) is 4.25. The van der Waals surface area contributed by atoms with E-state index in [4.69, 9.17) is 9.26 Å². The van der Waals surface area contributed by atoms with Crippen molar-refractivity contribution in [1.82, 2.24) is 15.0 Å². The molecule has 6 nitrogen and oxygen atoms in total. The highest BCUT2D eigenvalue weighted by Crippen LogP contribution is 2.20. The van der Waals surface area contributed by atoms with Crippen molar-refractivity contribution in [2.45, 2.75) is 32.9 Å². The normalized spacial score (nSPS) is 11.9. The van der Waals surface area contributed by atoms with Crippen molar-refractivity contribution >= 4 is 5.91 Å². The second-order valence-corrected chi connectivity index (χ2v) is 6.52. The summed E-state index contributed by atoms with van der Waals surface area (Å²) < 4.78 is 24.7. The Morgan fingerprint density at radius 2 is 2.04 bits per heavy atom. The molecular weight excluding hydrogens is 361 g/mol. The maximum absolute atomic E-state index is 13.8. The Labute approximate surface area is 162 Å². The molecule has 0 saturated carbocycles. The molecule has 7 heteroatoms. The van der Waals surface area contributed by atoms with Gasteiger partial charge in [-0.2, -0.15) is 4.98 Å². The monoisotopic (exact) mass is 383 g/mol. The summed E-state index contributed by atoms with van der Waals surface area (Å²) in [6, 6.07) is 13.8. The number of nitrogens with zero attached hydrogens (tertiary/aromatic N) is 3. The Hall–Kier alpha value is -3.22. The second kappa shape index (κ2) is 8.65. The van der Waals surface area contributed by atoms with Gasteiger partial charge in [-0.3, -0.25) is 4.79 Å². The highest BCUT2D eigenvalue weighted by atomic mass is 19.1. The molecule has 0 saturated heterocycles. The molecule has 0 aliphatic rings. The molecule has 1 atom stereocenters. The van der Waals surface area contributed by atoms with Crippen LogP contribution in [-0.4, -0.2) is 34.1 Å². The number of para-hydroxylation sites is 1. The lowest BCUT2D eigenvalue weighted by Gasteiger charge is -2.22. The van der Waals surface area contributed by atoms with Crippen LogP contribution < -0.4 is 4.74 Å². The number of benzene rings is 2. The van der Waals surface area contributed by atoms with E-state index in [0.29, 0.717) is 18.1 Å². The van der Waals surface area contributed by atoms with Gasteiger partial charge in [0.05, 0.1) is 6.54 Å². The Bertz CT molecular complexity index is 957. The minimum absolute atomic E-state index is 0.0515. The van der Waals surface area contributed by atoms with Gasteiger partial charge in [0.25, 0.3) is 5.91 Å². The van der Waals surface area contributed by atoms with Gasteiger partial charge in [-0.15, -0.1) is 0 Å². The first-order chi connectivity index (χ1) is 13.5. The summed E-state index contributed by atoms with van der Waals surface area (Å²) in [6.07, 6.45) is -0.406. The Balaban J connectivity index is 1.67. The van der Waals surface area contributed by atoms with E-state index in [1.807, 2.05) is 31.2 Å². The van der Waals surface area contributed by atoms with Crippen LogP contribution in [0.1, 0.15) is 24.8 Å². The number of carbonyl (C=O) groups excluding carboxylic acids is 1. The Kier molecular flexibility index (Phi) is 6.03. The zero-order valence-corrected chi connectivity index (χ0v) is 16.1. The molecule has 1 aromatic heterocycles. The van der Waals surface area contributed by atoms with Crippen LogP contribution in [0.2, 0.25) is 0 Å². The summed E-state index contributed by atoms with van der Waals surface area (Å²) in [6.45, 7) is 3.92. The van der Waals surface area contributed by atoms with Crippen molar-refractivity contribution in [3.8, 4) is 17.1 Å². The van der Waals surface area contributed by atoms with Gasteiger partial charge in [0.1, 0.15) is 0 Å². The van der Waals surface area contributed by atoms with Gasteiger partial charge in [0, 0.05) is 12.6 Å². The average Bonchev–Trinajstić information content (AvgIpc) is 3.15. The topological polar surface area (TPSA) is 68.5 Å². The van der Waals surface area contributed by atoms with Crippen molar-refractivity contribution in [3.05, 3.63) is 65.8 Å². The molecular formula is C21H22FN3O3. The number of amides is 1. The van der Waals surface area contributed by atoms with Crippen LogP contribution in [0.15, 0.2) is 53.1 Å². The highest BCUT2D eigenvalue weighted by Gasteiger charge is 2.25. The van der Waals surface area contributed by atoms with Crippen LogP contribution in [-0.2, 0) is 11.3 Å². The second-order valence-electron chi connectivity index (χ2n) is 6.52. The van der Waals surface area contributed by atoms with E-state index < -0.39 is 11.9 Å². The van der Waals surface area contributed by atoms with Gasteiger partial charge >= 0.3 is 0 Å². The SMILES string of the molecule is CCC(Oc1ccccc1F)C(=O)N(C)Cc1nc(-c2cccc(C)c2)no1. The van der Waals surface area contributed by atoms with Crippen LogP contribution >= 0.6 is 0 Å². The summed E-state index contributed by atoms with van der Waals surface area (Å²) >= 11 is 0. The minimum atomic E-state index is -0.805. The van der Waals surface area contributed by atoms with Crippen LogP contribution in [0.3, 0.4) is 0 Å². The summed E-state index contributed by atoms with van der Waals surface area (Å²) in [5.41, 5.74) is 1.94. The predicted molar refractivity (Wildman–Crippen MR) is 102 cm³/mol. The van der Waals surface area contributed by atoms with Crippen molar-refractivity contribution in [2.24, 2.45) is 0 Å². The van der Waals surface area contributed by atoms with Crippen LogP contribution in [0.5, 0.6) is 5.75 Å². The molecule has 1 unspecified atom stereocenters. The van der Waals surface area contributed by atoms with Gasteiger partial charge in [-0.1, -0.05) is 48.0 Å². The molecule has 1 amide bonds. The molecule has 146 valence electrons. The zero-order valence-electron chi connectivity index (χ0n) is 16.1. The van der Waals surface area contributed by atoms with Crippen LogP contribution in [0.25, 0.3) is 11.4 Å². The third-order valence-corrected chi connectivity index (χ3v) is 4.25. The number of hydrogen-bond donors (Lipinski definition) is 0. The summed E-state index contributed by atoms with van der Waals surface area (Å²) in [5.74, 6) is 0.0371. The molecule has 3 rings (SSSR count). The summed E-state index contributed by atoms with van der Waals surface area (Å²) in [7, 11) is 1.62. The number of ether oxygens (including phenoxy) is 1. The molecule has 28 heavy (non-hydrogen) atoms. The summed E-state index contributed by atoms with van der Waals surface area (Å²) in [4.78, 5) is 18.5. The standard InChI is InChI=1S/C21H22FN3O3/c1-4-17(27-18-11-6-5-10-16(18)22)21(26)25(3)13-19-23-20(24-28-19)15-9-7-8-14(2)12-15/h5-12,17H,4,13H2,1-3H3. The van der Waals surface area contributed by atoms with Gasteiger partial charge in [0.2, 0.25) is 11.7 Å². The molecule has 0 bridgehead atoms. The predicted octanol–water partition coefficient (Wildman–Crippen LogP) is 4.00. The molecule has 0 aliphatic heterocycles. The molecule has 0 aliphatic carbocycles. The fourth-order valence-electron chi connectivity index (χ4n) is 2.75. The first kappa shape index (κ1) is 19.5. The smallest absolute Gasteiger partial charge is 0.263 e. The van der Waals surface area contributed by atoms with E-state index in [2.05, 4.69) is 10.1 Å². The Morgan fingerprint density at radius 3 is 2.75 bits per heavy atom. The van der Waals surface area contributed by atoms with E-state index in [1.54, 1.807) is 26.1 Å². The van der Waals surface area contributed by atoms with Gasteiger partial charge in [-0.25, -0.2) is 4.39 Å². The maximum atomic E-state index is 13.8. The van der Waals surface area contributed by atoms with E-state index in [9.17, 15) is 9.18 Å². The third kappa shape index (κ3) is 4.54. The summed E-state index contributed by atoms with van der Waals surface area (Å²) in [5, 5.41) is 3.98. The minimum Gasteiger partial charge on any atom is -0.478 e. The number of hydrogen-bond acceptors (Lipinski definition) is 5. The molecule has 0 spiro atoms. The van der Waals surface area contributed by atoms with Crippen molar-refractivity contribution in [2.75, 3.05) is 7.05 Å². The fourth-order valence-corrected chi connectivity index (χ4v) is 2.75. The first-order valence-electron chi connectivity index (χ1n) is 9.03. The van der Waals surface area contributed by atoms with E-state index >= 15 is 0 Å². The number of rotatable bonds is 7. The number of aryl methyl sites for hydroxylation is 1. The van der Waals surface area contributed by atoms with E-state index in [0.717, 1.165) is 11.1 Å². The first-order valence-corrected chi connectivity index (χ1v) is 9.03. The lowest BCUT2D eigenvalue weighted by atomic mass is 10.1. The largest absolute Gasteiger partial charge is 0.478 e. The zero-order chi connectivity index (χ0) is 20.1. The lowest BCUT2D eigenvalue weighted by molar-refractivity contribution is -0.138. The Morgan fingerprint density at radius 1 is 1.25 bits per heavy atom. The number of likely N-dealkylation sites (N-methyl/N-ethyl adjacent to an activating group) is 1. The van der Waals surface area contributed by atoms with Crippen LogP contribution in [0, 0.1) is 12.7 Å². The van der Waals surface area contributed by atoms with Gasteiger partial charge in [-0.05, 0) is 31.5 Å². The van der Waals surface area contributed by atoms with Crippen molar-refractivity contribution in [1.29, 1.82) is 0 Å². The maximum Gasteiger partial charge on any atom is 0.263 e. The molecule has 2 aromatic carbocycles. The fraction of sp³-hybridized carbons (Fsp3) is 0.286. The molecule has 0 radical (unpaired) electrons. The number of halogens is 1. The molecule has 1 heterocycles. The average molecular weight is 383 g/mol. The van der Waals surface area contributed by atoms with E-state index in [-0.39, 0.29) is 18.2 Å². The molecule has 3 aromatic rings. The number of carbonyl (C=O) groups is 1. The van der Waals surface area contributed by atoms with Crippen LogP contribution in [0.4, 0.5) is 4.39 Å². The van der Waals surface area contributed by atoms with Gasteiger partial charge < -0.3 is 14.2 Å². The quantitative estimate of drug-likeness (QED) is 0.617. The van der Waals surface area contributed by atoms with Gasteiger partial charge in [0.15, 0.2) is 17.7 Å². The highest BCUT2D eigenvalue weighted by molar-refractivity contribution is 5.81. The number of aromatic nitrogens is 2. The lowest BCUT2D eigenvalue weighted by Crippen LogP contribution is -2.39. The van der Waals surface area contributed by atoms with Crippen molar-refractivity contribution < 1.29 is 18.4 Å². The molecule has 0 fully saturated rings. The molecule has 0 N–H and O–H groups in total. The van der Waals surface area contributed by atoms with E-state index in [1.165, 1.54) is 17.0 Å². The van der Waals surface area contributed by atoms with Crippen molar-refractivity contribution in [3.63, 3.8) is 0 Å².